The number of hydrogen-bond acceptors (Lipinski definition) is 2. The van der Waals surface area contributed by atoms with E-state index in [1.165, 1.54) is 17.2 Å². The Morgan fingerprint density at radius 1 is 1.25 bits per heavy atom. The van der Waals surface area contributed by atoms with E-state index in [4.69, 9.17) is 18.0 Å². The molecule has 0 aromatic heterocycles. The molecule has 0 saturated carbocycles. The first-order chi connectivity index (χ1) is 9.56. The maximum atomic E-state index is 13.7. The molecule has 4 heteroatoms. The van der Waals surface area contributed by atoms with Crippen LogP contribution in [0.1, 0.15) is 16.7 Å². The maximum Gasteiger partial charge on any atom is 0.135 e. The standard InChI is InChI=1S/C16H17FN2S/c1-11-3-2-4-12(9-11)7-8-19-13-5-6-14(16(18)20)15(17)10-13/h2-6,9-10,19H,7-8H2,1H3,(H2,18,20). The van der Waals surface area contributed by atoms with Crippen LogP contribution in [0.4, 0.5) is 10.1 Å². The van der Waals surface area contributed by atoms with Gasteiger partial charge in [0.15, 0.2) is 0 Å². The number of halogens is 1. The molecule has 0 aliphatic rings. The van der Waals surface area contributed by atoms with Crippen LogP contribution >= 0.6 is 12.2 Å². The highest BCUT2D eigenvalue weighted by Gasteiger charge is 2.05. The molecule has 0 aliphatic carbocycles. The fraction of sp³-hybridized carbons (Fsp3) is 0.188. The average molecular weight is 288 g/mol. The Morgan fingerprint density at radius 2 is 2.05 bits per heavy atom. The first-order valence-electron chi connectivity index (χ1n) is 6.45. The van der Waals surface area contributed by atoms with Crippen LogP contribution in [-0.2, 0) is 6.42 Å². The first kappa shape index (κ1) is 14.5. The highest BCUT2D eigenvalue weighted by molar-refractivity contribution is 7.80. The van der Waals surface area contributed by atoms with Gasteiger partial charge in [-0.3, -0.25) is 0 Å². The summed E-state index contributed by atoms with van der Waals surface area (Å²) in [5.74, 6) is -0.391. The lowest BCUT2D eigenvalue weighted by atomic mass is 10.1. The average Bonchev–Trinajstić information content (AvgIpc) is 2.38. The van der Waals surface area contributed by atoms with Gasteiger partial charge in [0.2, 0.25) is 0 Å². The second-order valence-electron chi connectivity index (χ2n) is 4.72. The van der Waals surface area contributed by atoms with Gasteiger partial charge in [-0.1, -0.05) is 42.0 Å². The van der Waals surface area contributed by atoms with Gasteiger partial charge in [-0.25, -0.2) is 4.39 Å². The van der Waals surface area contributed by atoms with E-state index in [1.54, 1.807) is 12.1 Å². The maximum absolute atomic E-state index is 13.7. The minimum Gasteiger partial charge on any atom is -0.389 e. The molecule has 0 amide bonds. The predicted octanol–water partition coefficient (Wildman–Crippen LogP) is 3.42. The molecule has 0 heterocycles. The highest BCUT2D eigenvalue weighted by Crippen LogP contribution is 2.15. The Kier molecular flexibility index (Phi) is 4.69. The zero-order valence-corrected chi connectivity index (χ0v) is 12.1. The zero-order valence-electron chi connectivity index (χ0n) is 11.3. The van der Waals surface area contributed by atoms with E-state index in [9.17, 15) is 4.39 Å². The van der Waals surface area contributed by atoms with Gasteiger partial charge in [0.05, 0.1) is 0 Å². The summed E-state index contributed by atoms with van der Waals surface area (Å²) in [5.41, 5.74) is 8.95. The first-order valence-corrected chi connectivity index (χ1v) is 6.86. The van der Waals surface area contributed by atoms with Crippen molar-refractivity contribution in [2.24, 2.45) is 5.73 Å². The molecule has 2 nitrogen and oxygen atoms in total. The molecule has 0 saturated heterocycles. The number of benzene rings is 2. The van der Waals surface area contributed by atoms with Crippen LogP contribution in [0.3, 0.4) is 0 Å². The van der Waals surface area contributed by atoms with E-state index < -0.39 is 5.82 Å². The van der Waals surface area contributed by atoms with Crippen molar-refractivity contribution in [2.45, 2.75) is 13.3 Å². The van der Waals surface area contributed by atoms with Crippen molar-refractivity contribution in [1.29, 1.82) is 0 Å². The van der Waals surface area contributed by atoms with Crippen LogP contribution < -0.4 is 11.1 Å². The van der Waals surface area contributed by atoms with Crippen molar-refractivity contribution in [3.8, 4) is 0 Å². The van der Waals surface area contributed by atoms with Crippen LogP contribution in [0.5, 0.6) is 0 Å². The Bertz CT molecular complexity index is 626. The van der Waals surface area contributed by atoms with E-state index in [-0.39, 0.29) is 10.6 Å². The van der Waals surface area contributed by atoms with E-state index in [2.05, 4.69) is 30.4 Å². The molecule has 104 valence electrons. The molecule has 3 N–H and O–H groups in total. The van der Waals surface area contributed by atoms with E-state index >= 15 is 0 Å². The van der Waals surface area contributed by atoms with E-state index in [1.807, 2.05) is 6.07 Å². The van der Waals surface area contributed by atoms with Crippen LogP contribution in [0.15, 0.2) is 42.5 Å². The summed E-state index contributed by atoms with van der Waals surface area (Å²) in [5, 5.41) is 3.20. The predicted molar refractivity (Wildman–Crippen MR) is 85.7 cm³/mol. The van der Waals surface area contributed by atoms with Gasteiger partial charge in [-0.05, 0) is 37.1 Å². The smallest absolute Gasteiger partial charge is 0.135 e. The molecular weight excluding hydrogens is 271 g/mol. The number of hydrogen-bond donors (Lipinski definition) is 2. The fourth-order valence-corrected chi connectivity index (χ4v) is 2.21. The Balaban J connectivity index is 1.94. The number of anilines is 1. The van der Waals surface area contributed by atoms with Crippen LogP contribution in [-0.4, -0.2) is 11.5 Å². The second kappa shape index (κ2) is 6.48. The minimum absolute atomic E-state index is 0.0776. The summed E-state index contributed by atoms with van der Waals surface area (Å²) in [6.45, 7) is 2.82. The third-order valence-corrected chi connectivity index (χ3v) is 3.28. The summed E-state index contributed by atoms with van der Waals surface area (Å²) >= 11 is 4.77. The Labute approximate surface area is 123 Å². The lowest BCUT2D eigenvalue weighted by Crippen LogP contribution is -2.12. The van der Waals surface area contributed by atoms with Crippen molar-refractivity contribution in [2.75, 3.05) is 11.9 Å². The SMILES string of the molecule is Cc1cccc(CCNc2ccc(C(N)=S)c(F)c2)c1. The summed E-state index contributed by atoms with van der Waals surface area (Å²) in [6.07, 6.45) is 0.889. The van der Waals surface area contributed by atoms with Gasteiger partial charge < -0.3 is 11.1 Å². The molecule has 0 spiro atoms. The molecule has 0 atom stereocenters. The molecule has 2 rings (SSSR count). The lowest BCUT2D eigenvalue weighted by molar-refractivity contribution is 0.626. The lowest BCUT2D eigenvalue weighted by Gasteiger charge is -2.09. The quantitative estimate of drug-likeness (QED) is 0.828. The largest absolute Gasteiger partial charge is 0.389 e. The Hall–Kier alpha value is -1.94. The summed E-state index contributed by atoms with van der Waals surface area (Å²) in [6, 6.07) is 13.2. The molecular formula is C16H17FN2S. The Morgan fingerprint density at radius 3 is 2.70 bits per heavy atom. The molecule has 0 radical (unpaired) electrons. The fourth-order valence-electron chi connectivity index (χ4n) is 2.04. The minimum atomic E-state index is -0.391. The topological polar surface area (TPSA) is 38.0 Å². The van der Waals surface area contributed by atoms with Crippen molar-refractivity contribution in [1.82, 2.24) is 0 Å². The second-order valence-corrected chi connectivity index (χ2v) is 5.16. The van der Waals surface area contributed by atoms with Gasteiger partial charge in [-0.15, -0.1) is 0 Å². The monoisotopic (exact) mass is 288 g/mol. The van der Waals surface area contributed by atoms with Gasteiger partial charge >= 0.3 is 0 Å². The number of nitrogens with two attached hydrogens (primary N) is 1. The van der Waals surface area contributed by atoms with Gasteiger partial charge in [0.25, 0.3) is 0 Å². The third kappa shape index (κ3) is 3.78. The summed E-state index contributed by atoms with van der Waals surface area (Å²) in [4.78, 5) is 0.0776. The van der Waals surface area contributed by atoms with Crippen molar-refractivity contribution >= 4 is 22.9 Å². The van der Waals surface area contributed by atoms with Crippen LogP contribution in [0.2, 0.25) is 0 Å². The summed E-state index contributed by atoms with van der Waals surface area (Å²) < 4.78 is 13.7. The van der Waals surface area contributed by atoms with Gasteiger partial charge in [-0.2, -0.15) is 0 Å². The molecule has 0 unspecified atom stereocenters. The van der Waals surface area contributed by atoms with Crippen LogP contribution in [0, 0.1) is 12.7 Å². The third-order valence-electron chi connectivity index (χ3n) is 3.06. The van der Waals surface area contributed by atoms with Gasteiger partial charge in [0.1, 0.15) is 10.8 Å². The summed E-state index contributed by atoms with van der Waals surface area (Å²) in [7, 11) is 0. The molecule has 0 fully saturated rings. The zero-order chi connectivity index (χ0) is 14.5. The highest BCUT2D eigenvalue weighted by atomic mass is 32.1. The van der Waals surface area contributed by atoms with Crippen LogP contribution in [0.25, 0.3) is 0 Å². The van der Waals surface area contributed by atoms with E-state index in [0.717, 1.165) is 18.7 Å². The van der Waals surface area contributed by atoms with Crippen molar-refractivity contribution < 1.29 is 4.39 Å². The van der Waals surface area contributed by atoms with E-state index in [0.29, 0.717) is 0 Å². The number of nitrogens with one attached hydrogen (secondary N) is 1. The number of rotatable bonds is 5. The number of thiocarbonyl (C=S) groups is 1. The number of aryl methyl sites for hydroxylation is 1. The van der Waals surface area contributed by atoms with Crippen molar-refractivity contribution in [3.05, 3.63) is 65.0 Å². The van der Waals surface area contributed by atoms with Crippen molar-refractivity contribution in [3.63, 3.8) is 0 Å². The molecule has 0 aliphatic heterocycles. The molecule has 20 heavy (non-hydrogen) atoms. The molecule has 2 aromatic rings. The normalized spacial score (nSPS) is 10.3. The van der Waals surface area contributed by atoms with Gasteiger partial charge in [0, 0.05) is 17.8 Å². The molecule has 0 bridgehead atoms. The molecule has 2 aromatic carbocycles.